The molecule has 1 aliphatic rings. The quantitative estimate of drug-likeness (QED) is 0.163. The largest absolute Gasteiger partial charge is 0.310 e. The minimum absolute atomic E-state index is 0.0924. The van der Waals surface area contributed by atoms with E-state index in [1.165, 1.54) is 54.9 Å². The molecule has 0 unspecified atom stereocenters. The molecular weight excluding hydrogens is 665 g/mol. The molecule has 0 aromatic heterocycles. The van der Waals surface area contributed by atoms with E-state index >= 15 is 0 Å². The molecule has 2 nitrogen and oxygen atoms in total. The summed E-state index contributed by atoms with van der Waals surface area (Å²) < 4.78 is 0. The van der Waals surface area contributed by atoms with Crippen molar-refractivity contribution in [2.24, 2.45) is 0 Å². The second-order valence-corrected chi connectivity index (χ2v) is 15.0. The molecule has 0 aliphatic heterocycles. The van der Waals surface area contributed by atoms with Crippen molar-refractivity contribution in [3.63, 3.8) is 0 Å². The number of anilines is 6. The second-order valence-electron chi connectivity index (χ2n) is 15.0. The van der Waals surface area contributed by atoms with Gasteiger partial charge in [-0.3, -0.25) is 0 Å². The Morgan fingerprint density at radius 2 is 0.800 bits per heavy atom. The number of hydrogen-bond acceptors (Lipinski definition) is 2. The van der Waals surface area contributed by atoms with Gasteiger partial charge in [0.05, 0.1) is 5.69 Å². The first-order chi connectivity index (χ1) is 27.0. The molecule has 9 aromatic carbocycles. The van der Waals surface area contributed by atoms with Gasteiger partial charge in [0.1, 0.15) is 0 Å². The van der Waals surface area contributed by atoms with Crippen molar-refractivity contribution in [3.05, 3.63) is 217 Å². The van der Waals surface area contributed by atoms with E-state index in [1.807, 2.05) is 0 Å². The zero-order chi connectivity index (χ0) is 36.9. The highest BCUT2D eigenvalue weighted by atomic mass is 15.2. The number of para-hydroxylation sites is 1. The van der Waals surface area contributed by atoms with E-state index in [-0.39, 0.29) is 5.41 Å². The van der Waals surface area contributed by atoms with E-state index in [4.69, 9.17) is 0 Å². The van der Waals surface area contributed by atoms with Crippen LogP contribution in [0.4, 0.5) is 34.1 Å². The standard InChI is InChI=1S/C53H40N2/c1-53(2)50-24-14-13-23-47(50)48-32-31-46(36-51(48)53)54(42-21-7-4-8-22-42)43-27-29-44(30-28-43)55(45-26-25-37-15-9-10-18-39(37)33-45)52-35-41-20-12-11-19-40(41)34-49(52)38-16-5-3-6-17-38/h3-36H,1-2H3. The summed E-state index contributed by atoms with van der Waals surface area (Å²) in [6.45, 7) is 4.70. The predicted octanol–water partition coefficient (Wildman–Crippen LogP) is 14.9. The summed E-state index contributed by atoms with van der Waals surface area (Å²) in [6, 6.07) is 75.2. The van der Waals surface area contributed by atoms with E-state index in [9.17, 15) is 0 Å². The van der Waals surface area contributed by atoms with Crippen LogP contribution < -0.4 is 9.80 Å². The van der Waals surface area contributed by atoms with Crippen LogP contribution in [0.25, 0.3) is 43.8 Å². The number of hydrogen-bond donors (Lipinski definition) is 0. The van der Waals surface area contributed by atoms with E-state index < -0.39 is 0 Å². The van der Waals surface area contributed by atoms with E-state index in [0.717, 1.165) is 34.1 Å². The van der Waals surface area contributed by atoms with Gasteiger partial charge in [-0.25, -0.2) is 0 Å². The summed E-state index contributed by atoms with van der Waals surface area (Å²) in [4.78, 5) is 4.81. The van der Waals surface area contributed by atoms with Gasteiger partial charge in [0.25, 0.3) is 0 Å². The second kappa shape index (κ2) is 13.2. The first-order valence-electron chi connectivity index (χ1n) is 19.1. The molecule has 0 heterocycles. The maximum Gasteiger partial charge on any atom is 0.0546 e. The van der Waals surface area contributed by atoms with Crippen molar-refractivity contribution in [3.8, 4) is 22.3 Å². The Morgan fingerprint density at radius 3 is 1.53 bits per heavy atom. The van der Waals surface area contributed by atoms with Crippen LogP contribution in [0.5, 0.6) is 0 Å². The fourth-order valence-corrected chi connectivity index (χ4v) is 8.61. The summed E-state index contributed by atoms with van der Waals surface area (Å²) in [6.07, 6.45) is 0. The van der Waals surface area contributed by atoms with Gasteiger partial charge in [-0.2, -0.15) is 0 Å². The molecule has 55 heavy (non-hydrogen) atoms. The van der Waals surface area contributed by atoms with Gasteiger partial charge in [0, 0.05) is 39.4 Å². The lowest BCUT2D eigenvalue weighted by Crippen LogP contribution is -2.16. The van der Waals surface area contributed by atoms with Gasteiger partial charge in [-0.15, -0.1) is 0 Å². The molecule has 0 fully saturated rings. The van der Waals surface area contributed by atoms with Gasteiger partial charge >= 0.3 is 0 Å². The third-order valence-electron chi connectivity index (χ3n) is 11.4. The summed E-state index contributed by atoms with van der Waals surface area (Å²) in [5.41, 5.74) is 14.4. The van der Waals surface area contributed by atoms with Gasteiger partial charge in [0.2, 0.25) is 0 Å². The van der Waals surface area contributed by atoms with Crippen LogP contribution in [0.2, 0.25) is 0 Å². The van der Waals surface area contributed by atoms with Gasteiger partial charge in [-0.05, 0) is 122 Å². The highest BCUT2D eigenvalue weighted by Crippen LogP contribution is 2.51. The van der Waals surface area contributed by atoms with Crippen LogP contribution in [-0.4, -0.2) is 0 Å². The highest BCUT2D eigenvalue weighted by Gasteiger charge is 2.35. The van der Waals surface area contributed by atoms with E-state index in [0.29, 0.717) is 0 Å². The van der Waals surface area contributed by atoms with Gasteiger partial charge in [0.15, 0.2) is 0 Å². The fraction of sp³-hybridized carbons (Fsp3) is 0.0566. The molecule has 0 radical (unpaired) electrons. The zero-order valence-corrected chi connectivity index (χ0v) is 31.0. The maximum atomic E-state index is 2.42. The van der Waals surface area contributed by atoms with E-state index in [2.05, 4.69) is 230 Å². The number of nitrogens with zero attached hydrogens (tertiary/aromatic N) is 2. The predicted molar refractivity (Wildman–Crippen MR) is 234 cm³/mol. The minimum atomic E-state index is -0.0924. The maximum absolute atomic E-state index is 2.42. The van der Waals surface area contributed by atoms with Crippen LogP contribution in [-0.2, 0) is 5.41 Å². The summed E-state index contributed by atoms with van der Waals surface area (Å²) in [5, 5.41) is 4.86. The first-order valence-corrected chi connectivity index (χ1v) is 19.1. The van der Waals surface area contributed by atoms with Crippen molar-refractivity contribution in [1.82, 2.24) is 0 Å². The SMILES string of the molecule is CC1(C)c2ccccc2-c2ccc(N(c3ccccc3)c3ccc(N(c4ccc5ccccc5c4)c4cc5ccccc5cc4-c4ccccc4)cc3)cc21. The lowest BCUT2D eigenvalue weighted by Gasteiger charge is -2.30. The van der Waals surface area contributed by atoms with Crippen LogP contribution in [0.15, 0.2) is 206 Å². The number of fused-ring (bicyclic) bond motifs is 5. The minimum Gasteiger partial charge on any atom is -0.310 e. The van der Waals surface area contributed by atoms with E-state index in [1.54, 1.807) is 0 Å². The molecule has 0 amide bonds. The highest BCUT2D eigenvalue weighted by molar-refractivity contribution is 5.99. The number of benzene rings is 9. The van der Waals surface area contributed by atoms with Crippen molar-refractivity contribution in [2.45, 2.75) is 19.3 Å². The van der Waals surface area contributed by atoms with Crippen LogP contribution in [0.1, 0.15) is 25.0 Å². The van der Waals surface area contributed by atoms with Gasteiger partial charge < -0.3 is 9.80 Å². The molecule has 10 rings (SSSR count). The lowest BCUT2D eigenvalue weighted by atomic mass is 9.82. The Bertz CT molecular complexity index is 2840. The molecule has 0 spiro atoms. The Kier molecular flexibility index (Phi) is 7.85. The molecule has 0 saturated heterocycles. The molecule has 2 heteroatoms. The fourth-order valence-electron chi connectivity index (χ4n) is 8.61. The lowest BCUT2D eigenvalue weighted by molar-refractivity contribution is 0.660. The van der Waals surface area contributed by atoms with Gasteiger partial charge in [-0.1, -0.05) is 147 Å². The third-order valence-corrected chi connectivity index (χ3v) is 11.4. The number of rotatable bonds is 7. The topological polar surface area (TPSA) is 6.48 Å². The van der Waals surface area contributed by atoms with Crippen molar-refractivity contribution in [2.75, 3.05) is 9.80 Å². The molecule has 0 atom stereocenters. The monoisotopic (exact) mass is 704 g/mol. The molecule has 1 aliphatic carbocycles. The molecule has 262 valence electrons. The zero-order valence-electron chi connectivity index (χ0n) is 31.0. The third kappa shape index (κ3) is 5.66. The summed E-state index contributed by atoms with van der Waals surface area (Å²) >= 11 is 0. The molecular formula is C53H40N2. The summed E-state index contributed by atoms with van der Waals surface area (Å²) in [5.74, 6) is 0. The van der Waals surface area contributed by atoms with Crippen LogP contribution >= 0.6 is 0 Å². The smallest absolute Gasteiger partial charge is 0.0546 e. The first kappa shape index (κ1) is 32.7. The Labute approximate surface area is 323 Å². The van der Waals surface area contributed by atoms with Crippen molar-refractivity contribution >= 4 is 55.7 Å². The molecule has 9 aromatic rings. The molecule has 0 saturated carbocycles. The average molecular weight is 705 g/mol. The molecule has 0 N–H and O–H groups in total. The van der Waals surface area contributed by atoms with Crippen molar-refractivity contribution in [1.29, 1.82) is 0 Å². The Hall–Kier alpha value is -6.90. The summed E-state index contributed by atoms with van der Waals surface area (Å²) in [7, 11) is 0. The Morgan fingerprint density at radius 1 is 0.309 bits per heavy atom. The van der Waals surface area contributed by atoms with Crippen LogP contribution in [0, 0.1) is 0 Å². The average Bonchev–Trinajstić information content (AvgIpc) is 3.47. The normalized spacial score (nSPS) is 12.7. The van der Waals surface area contributed by atoms with Crippen molar-refractivity contribution < 1.29 is 0 Å². The molecule has 0 bridgehead atoms. The Balaban J connectivity index is 1.14. The van der Waals surface area contributed by atoms with Crippen LogP contribution in [0.3, 0.4) is 0 Å².